The molecular weight excluding hydrogens is 412 g/mol. The lowest BCUT2D eigenvalue weighted by Crippen LogP contribution is -2.23. The summed E-state index contributed by atoms with van der Waals surface area (Å²) in [6, 6.07) is 19.2. The molecule has 0 aliphatic heterocycles. The van der Waals surface area contributed by atoms with E-state index in [1.807, 2.05) is 13.8 Å². The van der Waals surface area contributed by atoms with Gasteiger partial charge < -0.3 is 4.43 Å². The van der Waals surface area contributed by atoms with Crippen molar-refractivity contribution in [2.75, 3.05) is 13.2 Å². The van der Waals surface area contributed by atoms with Crippen LogP contribution in [0.15, 0.2) is 66.6 Å². The van der Waals surface area contributed by atoms with Gasteiger partial charge in [0.15, 0.2) is 0 Å². The van der Waals surface area contributed by atoms with Gasteiger partial charge in [-0.2, -0.15) is 8.42 Å². The zero-order valence-electron chi connectivity index (χ0n) is 19.1. The summed E-state index contributed by atoms with van der Waals surface area (Å²) < 4.78 is 31.7. The lowest BCUT2D eigenvalue weighted by atomic mass is 9.82. The fourth-order valence-electron chi connectivity index (χ4n) is 2.75. The van der Waals surface area contributed by atoms with E-state index in [0.717, 1.165) is 11.8 Å². The van der Waals surface area contributed by atoms with Crippen LogP contribution in [0.25, 0.3) is 11.1 Å². The van der Waals surface area contributed by atoms with Gasteiger partial charge in [-0.25, -0.2) is 0 Å². The number of benzene rings is 2. The highest BCUT2D eigenvalue weighted by Crippen LogP contribution is 2.32. The Morgan fingerprint density at radius 2 is 1.53 bits per heavy atom. The average Bonchev–Trinajstić information content (AvgIpc) is 2.72. The molecule has 0 aromatic heterocycles. The average molecular weight is 449 g/mol. The van der Waals surface area contributed by atoms with Gasteiger partial charge in [0.1, 0.15) is 10.5 Å². The maximum atomic E-state index is 11.0. The highest BCUT2D eigenvalue weighted by Gasteiger charge is 2.21. The predicted molar refractivity (Wildman–Crippen MR) is 130 cm³/mol. The molecule has 0 aliphatic rings. The fraction of sp³-hybridized carbons (Fsp3) is 0.417. The Bertz CT molecular complexity index is 885. The van der Waals surface area contributed by atoms with Crippen LogP contribution in [0.5, 0.6) is 0 Å². The lowest BCUT2D eigenvalue weighted by Gasteiger charge is -2.23. The Morgan fingerprint density at radius 3 is 2.07 bits per heavy atom. The molecule has 0 saturated carbocycles. The molecule has 0 aliphatic carbocycles. The van der Waals surface area contributed by atoms with Crippen LogP contribution in [0.4, 0.5) is 0 Å². The number of hydrogen-bond donors (Lipinski definition) is 0. The van der Waals surface area contributed by atoms with Crippen LogP contribution < -0.4 is 0 Å². The largest absolute Gasteiger partial charge is 0.428 e. The molecule has 0 fully saturated rings. The molecule has 0 bridgehead atoms. The first-order chi connectivity index (χ1) is 13.9. The number of rotatable bonds is 8. The van der Waals surface area contributed by atoms with Gasteiger partial charge in [-0.1, -0.05) is 95.8 Å². The van der Waals surface area contributed by atoms with Crippen molar-refractivity contribution < 1.29 is 17.0 Å². The van der Waals surface area contributed by atoms with Gasteiger partial charge in [0.25, 0.3) is 10.1 Å². The van der Waals surface area contributed by atoms with Crippen LogP contribution in [0, 0.1) is 5.41 Å². The second-order valence-electron chi connectivity index (χ2n) is 8.99. The topological polar surface area (TPSA) is 52.6 Å². The molecule has 0 N–H and O–H groups in total. The highest BCUT2D eigenvalue weighted by atomic mass is 32.2. The Kier molecular flexibility index (Phi) is 10.2. The van der Waals surface area contributed by atoms with Gasteiger partial charge in [-0.05, 0) is 33.9 Å². The molecule has 0 saturated heterocycles. The van der Waals surface area contributed by atoms with Gasteiger partial charge in [-0.3, -0.25) is 4.18 Å². The van der Waals surface area contributed by atoms with E-state index in [1.165, 1.54) is 16.7 Å². The van der Waals surface area contributed by atoms with Crippen molar-refractivity contribution in [1.82, 2.24) is 0 Å². The molecule has 0 spiro atoms. The third kappa shape index (κ3) is 9.39. The van der Waals surface area contributed by atoms with Crippen molar-refractivity contribution in [2.45, 2.75) is 46.5 Å². The van der Waals surface area contributed by atoms with Crippen molar-refractivity contribution in [2.24, 2.45) is 5.41 Å². The first-order valence-corrected chi connectivity index (χ1v) is 12.4. The van der Waals surface area contributed by atoms with Gasteiger partial charge in [0, 0.05) is 6.61 Å². The van der Waals surface area contributed by atoms with E-state index < -0.39 is 10.1 Å². The summed E-state index contributed by atoms with van der Waals surface area (Å²) in [6.45, 7) is 14.6. The Labute approximate surface area is 186 Å². The minimum atomic E-state index is -3.55. The van der Waals surface area contributed by atoms with Crippen LogP contribution >= 0.6 is 0 Å². The molecule has 0 unspecified atom stereocenters. The molecular formula is C24H36O4SSi. The monoisotopic (exact) mass is 448 g/mol. The summed E-state index contributed by atoms with van der Waals surface area (Å²) in [5.41, 5.74) is 4.04. The molecule has 2 rings (SSSR count). The van der Waals surface area contributed by atoms with Crippen molar-refractivity contribution >= 4 is 20.6 Å². The zero-order valence-corrected chi connectivity index (χ0v) is 22.0. The van der Waals surface area contributed by atoms with Crippen molar-refractivity contribution in [3.05, 3.63) is 72.1 Å². The van der Waals surface area contributed by atoms with Crippen molar-refractivity contribution in [3.8, 4) is 11.1 Å². The third-order valence-corrected chi connectivity index (χ3v) is 5.88. The summed E-state index contributed by atoms with van der Waals surface area (Å²) in [7, 11) is -2.84. The highest BCUT2D eigenvalue weighted by molar-refractivity contribution is 7.89. The van der Waals surface area contributed by atoms with Crippen LogP contribution in [0.1, 0.15) is 46.6 Å². The summed E-state index contributed by atoms with van der Waals surface area (Å²) in [5, 5.41) is 0.812. The minimum absolute atomic E-state index is 0.159. The first-order valence-electron chi connectivity index (χ1n) is 10.1. The molecule has 0 heterocycles. The van der Waals surface area contributed by atoms with E-state index >= 15 is 0 Å². The maximum Gasteiger partial charge on any atom is 0.289 e. The minimum Gasteiger partial charge on any atom is -0.428 e. The predicted octanol–water partition coefficient (Wildman–Crippen LogP) is 4.84. The molecule has 0 amide bonds. The second kappa shape index (κ2) is 11.6. The first kappa shape index (κ1) is 26.3. The van der Waals surface area contributed by atoms with Crippen LogP contribution in [-0.4, -0.2) is 32.1 Å². The molecule has 4 nitrogen and oxygen atoms in total. The van der Waals surface area contributed by atoms with Gasteiger partial charge in [0.2, 0.25) is 0 Å². The third-order valence-electron chi connectivity index (χ3n) is 4.62. The van der Waals surface area contributed by atoms with Gasteiger partial charge >= 0.3 is 0 Å². The fourth-order valence-corrected chi connectivity index (χ4v) is 3.53. The molecule has 2 aromatic carbocycles. The smallest absolute Gasteiger partial charge is 0.289 e. The van der Waals surface area contributed by atoms with Crippen LogP contribution in [0.3, 0.4) is 0 Å². The SMILES string of the molecule is C=CS(=O)(=O)OCC(C)(C)CCO[SiH3].CC(C)(C)c1ccccc1-c1ccccc1. The quantitative estimate of drug-likeness (QED) is 0.428. The molecule has 2 aromatic rings. The number of hydrogen-bond acceptors (Lipinski definition) is 4. The van der Waals surface area contributed by atoms with Crippen LogP contribution in [0.2, 0.25) is 0 Å². The normalized spacial score (nSPS) is 12.2. The van der Waals surface area contributed by atoms with E-state index in [0.29, 0.717) is 17.1 Å². The van der Waals surface area contributed by atoms with E-state index in [-0.39, 0.29) is 17.4 Å². The summed E-state index contributed by atoms with van der Waals surface area (Å²) in [5.74, 6) is 0. The standard InChI is InChI=1S/C16H18.C8H18O4SSi/c1-16(2,3)15-12-8-7-11-14(15)13-9-5-4-6-10-13;1-4-13(9,10)11-7-8(2,3)5-6-12-14/h4-12H,1-3H3;4H,1,5-7H2,2-3,14H3. The summed E-state index contributed by atoms with van der Waals surface area (Å²) in [6.07, 6.45) is 0.781. The Balaban J connectivity index is 0.000000304. The van der Waals surface area contributed by atoms with Gasteiger partial charge in [0.05, 0.1) is 12.0 Å². The van der Waals surface area contributed by atoms with Crippen molar-refractivity contribution in [1.29, 1.82) is 0 Å². The Hall–Kier alpha value is -1.73. The van der Waals surface area contributed by atoms with Gasteiger partial charge in [-0.15, -0.1) is 0 Å². The van der Waals surface area contributed by atoms with E-state index in [1.54, 1.807) is 0 Å². The maximum absolute atomic E-state index is 11.0. The van der Waals surface area contributed by atoms with Crippen LogP contribution in [-0.2, 0) is 24.1 Å². The van der Waals surface area contributed by atoms with Crippen molar-refractivity contribution in [3.63, 3.8) is 0 Å². The lowest BCUT2D eigenvalue weighted by molar-refractivity contribution is 0.152. The van der Waals surface area contributed by atoms with E-state index in [9.17, 15) is 8.42 Å². The molecule has 6 heteroatoms. The molecule has 0 atom stereocenters. The summed E-state index contributed by atoms with van der Waals surface area (Å²) in [4.78, 5) is 0. The summed E-state index contributed by atoms with van der Waals surface area (Å²) >= 11 is 0. The molecule has 30 heavy (non-hydrogen) atoms. The second-order valence-corrected chi connectivity index (χ2v) is 11.1. The Morgan fingerprint density at radius 1 is 0.967 bits per heavy atom. The molecule has 166 valence electrons. The van der Waals surface area contributed by atoms with E-state index in [2.05, 4.69) is 81.9 Å². The molecule has 0 radical (unpaired) electrons. The van der Waals surface area contributed by atoms with E-state index in [4.69, 9.17) is 8.61 Å². The zero-order chi connectivity index (χ0) is 22.8.